The molecule has 0 fully saturated rings. The maximum atomic E-state index is 14.1. The van der Waals surface area contributed by atoms with E-state index in [4.69, 9.17) is 4.74 Å². The van der Waals surface area contributed by atoms with E-state index in [1.807, 2.05) is 22.9 Å². The predicted octanol–water partition coefficient (Wildman–Crippen LogP) is 3.22. The van der Waals surface area contributed by atoms with Crippen molar-refractivity contribution < 1.29 is 18.7 Å². The first-order valence-electron chi connectivity index (χ1n) is 9.52. The summed E-state index contributed by atoms with van der Waals surface area (Å²) in [6.45, 7) is 3.82. The zero-order chi connectivity index (χ0) is 21.3. The van der Waals surface area contributed by atoms with Gasteiger partial charge in [0.1, 0.15) is 18.2 Å². The van der Waals surface area contributed by atoms with Crippen molar-refractivity contribution >= 4 is 17.5 Å². The van der Waals surface area contributed by atoms with Crippen LogP contribution in [0.2, 0.25) is 0 Å². The first kappa shape index (κ1) is 19.6. The lowest BCUT2D eigenvalue weighted by molar-refractivity contribution is -0.119. The van der Waals surface area contributed by atoms with E-state index < -0.39 is 0 Å². The Bertz CT molecular complexity index is 1140. The molecule has 1 aliphatic rings. The molecule has 0 atom stereocenters. The number of amides is 2. The zero-order valence-electron chi connectivity index (χ0n) is 16.7. The number of hydrogen-bond acceptors (Lipinski definition) is 4. The molecule has 2 N–H and O–H groups in total. The molecule has 2 heterocycles. The van der Waals surface area contributed by atoms with E-state index in [1.54, 1.807) is 18.2 Å². The third-order valence-corrected chi connectivity index (χ3v) is 4.82. The van der Waals surface area contributed by atoms with E-state index in [2.05, 4.69) is 15.7 Å². The summed E-state index contributed by atoms with van der Waals surface area (Å²) in [7, 11) is 0. The van der Waals surface area contributed by atoms with Crippen LogP contribution in [0, 0.1) is 5.82 Å². The first-order chi connectivity index (χ1) is 14.4. The number of ether oxygens (including phenoxy) is 1. The predicted molar refractivity (Wildman–Crippen MR) is 109 cm³/mol. The minimum atomic E-state index is -0.375. The quantitative estimate of drug-likeness (QED) is 0.694. The number of rotatable bonds is 4. The van der Waals surface area contributed by atoms with Gasteiger partial charge in [0.25, 0.3) is 0 Å². The molecule has 8 heteroatoms. The topological polar surface area (TPSA) is 85.3 Å². The fourth-order valence-electron chi connectivity index (χ4n) is 3.35. The standard InChI is InChI=1S/C22H21FN4O3/c1-13(28)24-10-17-7-15(4-6-20(17)23)21-9-19-12-30-22-8-18(25-14(2)29)5-3-16(22)11-27(19)26-21/h3-9H,10-12H2,1-2H3,(H,24,28)(H,25,29). The number of aromatic nitrogens is 2. The Balaban J connectivity index is 1.59. The van der Waals surface area contributed by atoms with E-state index >= 15 is 0 Å². The smallest absolute Gasteiger partial charge is 0.221 e. The molecule has 0 saturated heterocycles. The third kappa shape index (κ3) is 4.17. The van der Waals surface area contributed by atoms with Crippen molar-refractivity contribution in [3.8, 4) is 17.0 Å². The van der Waals surface area contributed by atoms with Crippen LogP contribution in [-0.2, 0) is 29.3 Å². The molecular formula is C22H21FN4O3. The molecule has 1 aliphatic heterocycles. The molecule has 0 spiro atoms. The van der Waals surface area contributed by atoms with E-state index in [-0.39, 0.29) is 24.2 Å². The lowest BCUT2D eigenvalue weighted by Crippen LogP contribution is -2.19. The van der Waals surface area contributed by atoms with Gasteiger partial charge in [0.15, 0.2) is 0 Å². The number of nitrogens with zero attached hydrogens (tertiary/aromatic N) is 2. The Kier molecular flexibility index (Phi) is 5.22. The largest absolute Gasteiger partial charge is 0.487 e. The molecule has 154 valence electrons. The van der Waals surface area contributed by atoms with Gasteiger partial charge >= 0.3 is 0 Å². The molecule has 0 aliphatic carbocycles. The SMILES string of the molecule is CC(=O)NCc1cc(-c2cc3n(n2)Cc2ccc(NC(C)=O)cc2OC3)ccc1F. The maximum absolute atomic E-state index is 14.1. The van der Waals surface area contributed by atoms with Crippen molar-refractivity contribution in [1.29, 1.82) is 0 Å². The van der Waals surface area contributed by atoms with Gasteiger partial charge in [0.2, 0.25) is 11.8 Å². The normalized spacial score (nSPS) is 12.2. The Morgan fingerprint density at radius 1 is 1.13 bits per heavy atom. The monoisotopic (exact) mass is 408 g/mol. The summed E-state index contributed by atoms with van der Waals surface area (Å²) in [6, 6.07) is 12.2. The maximum Gasteiger partial charge on any atom is 0.221 e. The Labute approximate surface area is 172 Å². The van der Waals surface area contributed by atoms with Gasteiger partial charge in [-0.05, 0) is 30.3 Å². The third-order valence-electron chi connectivity index (χ3n) is 4.82. The van der Waals surface area contributed by atoms with Crippen LogP contribution in [0.15, 0.2) is 42.5 Å². The molecule has 4 rings (SSSR count). The van der Waals surface area contributed by atoms with Crippen molar-refractivity contribution in [2.75, 3.05) is 5.32 Å². The van der Waals surface area contributed by atoms with Gasteiger partial charge in [-0.3, -0.25) is 14.3 Å². The van der Waals surface area contributed by atoms with Crippen LogP contribution < -0.4 is 15.4 Å². The number of carbonyl (C=O) groups excluding carboxylic acids is 2. The lowest BCUT2D eigenvalue weighted by atomic mass is 10.1. The zero-order valence-corrected chi connectivity index (χ0v) is 16.7. The Hall–Kier alpha value is -3.68. The van der Waals surface area contributed by atoms with Crippen LogP contribution in [0.1, 0.15) is 30.7 Å². The summed E-state index contributed by atoms with van der Waals surface area (Å²) < 4.78 is 21.9. The minimum absolute atomic E-state index is 0.121. The van der Waals surface area contributed by atoms with E-state index in [0.29, 0.717) is 35.8 Å². The van der Waals surface area contributed by atoms with Gasteiger partial charge in [-0.25, -0.2) is 4.39 Å². The molecular weight excluding hydrogens is 387 g/mol. The van der Waals surface area contributed by atoms with Gasteiger partial charge in [0, 0.05) is 48.8 Å². The first-order valence-corrected chi connectivity index (χ1v) is 9.52. The molecule has 7 nitrogen and oxygen atoms in total. The number of carbonyl (C=O) groups is 2. The molecule has 30 heavy (non-hydrogen) atoms. The van der Waals surface area contributed by atoms with Gasteiger partial charge < -0.3 is 15.4 Å². The fourth-order valence-corrected chi connectivity index (χ4v) is 3.35. The van der Waals surface area contributed by atoms with Gasteiger partial charge in [-0.2, -0.15) is 5.10 Å². The summed E-state index contributed by atoms with van der Waals surface area (Å²) >= 11 is 0. The van der Waals surface area contributed by atoms with Crippen LogP contribution in [-0.4, -0.2) is 21.6 Å². The number of halogens is 1. The number of fused-ring (bicyclic) bond motifs is 2. The highest BCUT2D eigenvalue weighted by atomic mass is 19.1. The van der Waals surface area contributed by atoms with Crippen LogP contribution in [0.5, 0.6) is 5.75 Å². The number of nitrogens with one attached hydrogen (secondary N) is 2. The van der Waals surface area contributed by atoms with Gasteiger partial charge in [-0.1, -0.05) is 6.07 Å². The number of anilines is 1. The highest BCUT2D eigenvalue weighted by Crippen LogP contribution is 2.30. The average Bonchev–Trinajstić information content (AvgIpc) is 3.01. The van der Waals surface area contributed by atoms with Crippen LogP contribution in [0.25, 0.3) is 11.3 Å². The summed E-state index contributed by atoms with van der Waals surface area (Å²) in [5, 5.41) is 10.0. The highest BCUT2D eigenvalue weighted by molar-refractivity contribution is 5.88. The van der Waals surface area contributed by atoms with Crippen LogP contribution in [0.3, 0.4) is 0 Å². The Morgan fingerprint density at radius 3 is 2.73 bits per heavy atom. The summed E-state index contributed by atoms with van der Waals surface area (Å²) in [6.07, 6.45) is 0. The Morgan fingerprint density at radius 2 is 1.97 bits per heavy atom. The second kappa shape index (κ2) is 7.98. The second-order valence-electron chi connectivity index (χ2n) is 7.19. The summed E-state index contributed by atoms with van der Waals surface area (Å²) in [5.74, 6) is -0.0301. The van der Waals surface area contributed by atoms with Crippen LogP contribution >= 0.6 is 0 Å². The molecule has 2 aromatic carbocycles. The highest BCUT2D eigenvalue weighted by Gasteiger charge is 2.18. The molecule has 0 saturated carbocycles. The van der Waals surface area contributed by atoms with E-state index in [1.165, 1.54) is 19.9 Å². The fraction of sp³-hybridized carbons (Fsp3) is 0.227. The summed E-state index contributed by atoms with van der Waals surface area (Å²) in [5.41, 5.74) is 4.38. The average molecular weight is 408 g/mol. The molecule has 2 amide bonds. The van der Waals surface area contributed by atoms with Crippen LogP contribution in [0.4, 0.5) is 10.1 Å². The van der Waals surface area contributed by atoms with Crippen molar-refractivity contribution in [3.05, 3.63) is 65.1 Å². The number of benzene rings is 2. The molecule has 0 radical (unpaired) electrons. The van der Waals surface area contributed by atoms with Crippen molar-refractivity contribution in [2.45, 2.75) is 33.5 Å². The summed E-state index contributed by atoms with van der Waals surface area (Å²) in [4.78, 5) is 22.4. The van der Waals surface area contributed by atoms with Crippen molar-refractivity contribution in [2.24, 2.45) is 0 Å². The minimum Gasteiger partial charge on any atom is -0.487 e. The molecule has 3 aromatic rings. The molecule has 0 bridgehead atoms. The number of hydrogen-bond donors (Lipinski definition) is 2. The second-order valence-corrected chi connectivity index (χ2v) is 7.19. The van der Waals surface area contributed by atoms with E-state index in [9.17, 15) is 14.0 Å². The lowest BCUT2D eigenvalue weighted by Gasteiger charge is -2.10. The van der Waals surface area contributed by atoms with Gasteiger partial charge in [0.05, 0.1) is 17.9 Å². The molecule has 0 unspecified atom stereocenters. The van der Waals surface area contributed by atoms with Crippen molar-refractivity contribution in [1.82, 2.24) is 15.1 Å². The van der Waals surface area contributed by atoms with Crippen molar-refractivity contribution in [3.63, 3.8) is 0 Å². The molecule has 1 aromatic heterocycles. The van der Waals surface area contributed by atoms with Gasteiger partial charge in [-0.15, -0.1) is 0 Å². The van der Waals surface area contributed by atoms with E-state index in [0.717, 1.165) is 16.8 Å².